The van der Waals surface area contributed by atoms with E-state index in [-0.39, 0.29) is 5.91 Å². The van der Waals surface area contributed by atoms with E-state index < -0.39 is 0 Å². The second-order valence-corrected chi connectivity index (χ2v) is 5.21. The molecule has 1 aliphatic rings. The van der Waals surface area contributed by atoms with Crippen LogP contribution in [0.5, 0.6) is 0 Å². The highest BCUT2D eigenvalue weighted by Crippen LogP contribution is 2.25. The zero-order valence-electron chi connectivity index (χ0n) is 11.7. The number of carbonyl (C=O) groups excluding carboxylic acids is 1. The molecule has 19 heavy (non-hydrogen) atoms. The van der Waals surface area contributed by atoms with Gasteiger partial charge in [-0.3, -0.25) is 4.79 Å². The molecule has 5 heteroatoms. The molecule has 1 aliphatic carbocycles. The van der Waals surface area contributed by atoms with Crippen LogP contribution in [-0.4, -0.2) is 40.1 Å². The number of rotatable bonds is 4. The van der Waals surface area contributed by atoms with Crippen LogP contribution in [0.2, 0.25) is 0 Å². The molecule has 2 rings (SSSR count). The normalized spacial score (nSPS) is 15.7. The first kappa shape index (κ1) is 13.9. The number of aryl methyl sites for hydroxylation is 2. The quantitative estimate of drug-likeness (QED) is 0.891. The molecule has 1 aromatic rings. The number of carbonyl (C=O) groups is 1. The van der Waals surface area contributed by atoms with Crippen molar-refractivity contribution in [2.24, 2.45) is 5.73 Å². The van der Waals surface area contributed by atoms with E-state index in [2.05, 4.69) is 10.2 Å². The summed E-state index contributed by atoms with van der Waals surface area (Å²) in [6.07, 6.45) is 4.57. The van der Waals surface area contributed by atoms with Crippen molar-refractivity contribution in [1.82, 2.24) is 15.1 Å². The zero-order chi connectivity index (χ0) is 13.8. The first-order chi connectivity index (χ1) is 9.13. The fraction of sp³-hybridized carbons (Fsp3) is 0.643. The van der Waals surface area contributed by atoms with Gasteiger partial charge in [-0.2, -0.15) is 10.2 Å². The first-order valence-corrected chi connectivity index (χ1v) is 6.95. The lowest BCUT2D eigenvalue weighted by Crippen LogP contribution is -2.42. The Labute approximate surface area is 114 Å². The van der Waals surface area contributed by atoms with Gasteiger partial charge in [-0.05, 0) is 32.8 Å². The van der Waals surface area contributed by atoms with E-state index in [1.807, 2.05) is 24.8 Å². The topological polar surface area (TPSA) is 72.1 Å². The zero-order valence-corrected chi connectivity index (χ0v) is 11.7. The predicted molar refractivity (Wildman–Crippen MR) is 73.9 cm³/mol. The number of amides is 1. The molecule has 1 heterocycles. The molecule has 1 amide bonds. The van der Waals surface area contributed by atoms with Crippen molar-refractivity contribution in [2.45, 2.75) is 45.6 Å². The van der Waals surface area contributed by atoms with Crippen molar-refractivity contribution in [3.63, 3.8) is 0 Å². The fourth-order valence-corrected chi connectivity index (χ4v) is 2.73. The molecule has 104 valence electrons. The van der Waals surface area contributed by atoms with E-state index in [1.165, 1.54) is 12.8 Å². The summed E-state index contributed by atoms with van der Waals surface area (Å²) in [7, 11) is 0. The minimum Gasteiger partial charge on any atom is -0.334 e. The van der Waals surface area contributed by atoms with E-state index in [1.54, 1.807) is 0 Å². The minimum absolute atomic E-state index is 0.0489. The third kappa shape index (κ3) is 3.10. The van der Waals surface area contributed by atoms with Gasteiger partial charge in [0.2, 0.25) is 0 Å². The highest BCUT2D eigenvalue weighted by Gasteiger charge is 2.28. The lowest BCUT2D eigenvalue weighted by molar-refractivity contribution is 0.0686. The van der Waals surface area contributed by atoms with Crippen LogP contribution in [0.3, 0.4) is 0 Å². The summed E-state index contributed by atoms with van der Waals surface area (Å²) in [5.41, 5.74) is 7.78. The number of aromatic nitrogens is 2. The van der Waals surface area contributed by atoms with Gasteiger partial charge in [0, 0.05) is 19.1 Å². The Bertz CT molecular complexity index is 455. The Kier molecular flexibility index (Phi) is 4.47. The van der Waals surface area contributed by atoms with Gasteiger partial charge in [0.1, 0.15) is 0 Å². The van der Waals surface area contributed by atoms with Crippen molar-refractivity contribution in [2.75, 3.05) is 13.1 Å². The Morgan fingerprint density at radius 1 is 1.37 bits per heavy atom. The summed E-state index contributed by atoms with van der Waals surface area (Å²) < 4.78 is 0. The second kappa shape index (κ2) is 6.10. The highest BCUT2D eigenvalue weighted by molar-refractivity contribution is 5.95. The molecule has 0 atom stereocenters. The average Bonchev–Trinajstić information content (AvgIpc) is 2.92. The van der Waals surface area contributed by atoms with Crippen LogP contribution < -0.4 is 5.73 Å². The van der Waals surface area contributed by atoms with Crippen LogP contribution in [-0.2, 0) is 0 Å². The molecule has 0 spiro atoms. The van der Waals surface area contributed by atoms with Crippen molar-refractivity contribution in [3.8, 4) is 0 Å². The number of nitrogens with zero attached hydrogens (tertiary/aromatic N) is 3. The second-order valence-electron chi connectivity index (χ2n) is 5.21. The molecule has 1 fully saturated rings. The number of hydrogen-bond donors (Lipinski definition) is 1. The minimum atomic E-state index is 0.0489. The van der Waals surface area contributed by atoms with Gasteiger partial charge in [-0.1, -0.05) is 12.8 Å². The Hall–Kier alpha value is -1.49. The predicted octanol–water partition coefficient (Wildman–Crippen LogP) is 1.44. The maximum atomic E-state index is 12.7. The largest absolute Gasteiger partial charge is 0.334 e. The van der Waals surface area contributed by atoms with Crippen LogP contribution in [0.25, 0.3) is 0 Å². The maximum absolute atomic E-state index is 12.7. The van der Waals surface area contributed by atoms with Gasteiger partial charge < -0.3 is 10.6 Å². The monoisotopic (exact) mass is 262 g/mol. The molecule has 0 radical (unpaired) electrons. The molecule has 0 bridgehead atoms. The molecule has 0 unspecified atom stereocenters. The van der Waals surface area contributed by atoms with Gasteiger partial charge in [-0.15, -0.1) is 0 Å². The number of hydrogen-bond acceptors (Lipinski definition) is 4. The van der Waals surface area contributed by atoms with E-state index in [0.717, 1.165) is 18.5 Å². The standard InChI is InChI=1S/C14H22N4O/c1-10-9-13(11(2)17-16-10)14(19)18(8-7-15)12-5-3-4-6-12/h9,12H,3-8,15H2,1-2H3. The summed E-state index contributed by atoms with van der Waals surface area (Å²) in [4.78, 5) is 14.6. The smallest absolute Gasteiger partial charge is 0.256 e. The third-order valence-electron chi connectivity index (χ3n) is 3.73. The Morgan fingerprint density at radius 3 is 2.68 bits per heavy atom. The van der Waals surface area contributed by atoms with Crippen LogP contribution in [0.1, 0.15) is 47.4 Å². The molecular formula is C14H22N4O. The summed E-state index contributed by atoms with van der Waals surface area (Å²) in [5.74, 6) is 0.0489. The van der Waals surface area contributed by atoms with Crippen LogP contribution in [0.15, 0.2) is 6.07 Å². The van der Waals surface area contributed by atoms with Gasteiger partial charge in [0.05, 0.1) is 17.0 Å². The van der Waals surface area contributed by atoms with Gasteiger partial charge in [0.15, 0.2) is 0 Å². The summed E-state index contributed by atoms with van der Waals surface area (Å²) in [6, 6.07) is 2.16. The average molecular weight is 262 g/mol. The molecule has 1 aromatic heterocycles. The maximum Gasteiger partial charge on any atom is 0.256 e. The van der Waals surface area contributed by atoms with E-state index in [4.69, 9.17) is 5.73 Å². The molecule has 5 nitrogen and oxygen atoms in total. The Balaban J connectivity index is 2.25. The van der Waals surface area contributed by atoms with Gasteiger partial charge in [0.25, 0.3) is 5.91 Å². The van der Waals surface area contributed by atoms with Crippen LogP contribution in [0.4, 0.5) is 0 Å². The van der Waals surface area contributed by atoms with Crippen molar-refractivity contribution in [1.29, 1.82) is 0 Å². The van der Waals surface area contributed by atoms with Crippen LogP contribution >= 0.6 is 0 Å². The highest BCUT2D eigenvalue weighted by atomic mass is 16.2. The molecule has 2 N–H and O–H groups in total. The van der Waals surface area contributed by atoms with Gasteiger partial charge >= 0.3 is 0 Å². The van der Waals surface area contributed by atoms with E-state index >= 15 is 0 Å². The summed E-state index contributed by atoms with van der Waals surface area (Å²) >= 11 is 0. The summed E-state index contributed by atoms with van der Waals surface area (Å²) in [6.45, 7) is 4.80. The van der Waals surface area contributed by atoms with E-state index in [0.29, 0.717) is 30.4 Å². The third-order valence-corrected chi connectivity index (χ3v) is 3.73. The number of nitrogens with two attached hydrogens (primary N) is 1. The fourth-order valence-electron chi connectivity index (χ4n) is 2.73. The molecule has 1 saturated carbocycles. The van der Waals surface area contributed by atoms with Crippen molar-refractivity contribution < 1.29 is 4.79 Å². The van der Waals surface area contributed by atoms with Crippen molar-refractivity contribution >= 4 is 5.91 Å². The lowest BCUT2D eigenvalue weighted by atomic mass is 10.1. The van der Waals surface area contributed by atoms with Crippen molar-refractivity contribution in [3.05, 3.63) is 23.0 Å². The molecule has 0 aromatic carbocycles. The lowest BCUT2D eigenvalue weighted by Gasteiger charge is -2.29. The first-order valence-electron chi connectivity index (χ1n) is 6.95. The van der Waals surface area contributed by atoms with Crippen LogP contribution in [0, 0.1) is 13.8 Å². The summed E-state index contributed by atoms with van der Waals surface area (Å²) in [5, 5.41) is 8.02. The molecule has 0 aliphatic heterocycles. The Morgan fingerprint density at radius 2 is 2.05 bits per heavy atom. The molecule has 0 saturated heterocycles. The SMILES string of the molecule is Cc1cc(C(=O)N(CCN)C2CCCC2)c(C)nn1. The van der Waals surface area contributed by atoms with Gasteiger partial charge in [-0.25, -0.2) is 0 Å². The molecular weight excluding hydrogens is 240 g/mol. The van der Waals surface area contributed by atoms with E-state index in [9.17, 15) is 4.79 Å².